The highest BCUT2D eigenvalue weighted by Crippen LogP contribution is 2.18. The second-order valence-electron chi connectivity index (χ2n) is 6.99. The van der Waals surface area contributed by atoms with E-state index in [-0.39, 0.29) is 24.4 Å². The van der Waals surface area contributed by atoms with Crippen LogP contribution in [0.2, 0.25) is 0 Å². The third kappa shape index (κ3) is 5.94. The lowest BCUT2D eigenvalue weighted by Gasteiger charge is -2.32. The number of aryl methyl sites for hydroxylation is 1. The number of nitrogens with zero attached hydrogens (tertiary/aromatic N) is 3. The van der Waals surface area contributed by atoms with Crippen molar-refractivity contribution in [3.63, 3.8) is 0 Å². The number of nitrogens with one attached hydrogen (secondary N) is 2. The van der Waals surface area contributed by atoms with Crippen molar-refractivity contribution in [3.8, 4) is 0 Å². The zero-order valence-corrected chi connectivity index (χ0v) is 15.8. The Balaban J connectivity index is 0.00000225. The third-order valence-electron chi connectivity index (χ3n) is 4.89. The fourth-order valence-corrected chi connectivity index (χ4v) is 3.61. The van der Waals surface area contributed by atoms with Gasteiger partial charge in [-0.2, -0.15) is 4.98 Å². The highest BCUT2D eigenvalue weighted by Gasteiger charge is 2.25. The van der Waals surface area contributed by atoms with Crippen molar-refractivity contribution in [3.05, 3.63) is 11.7 Å². The fraction of sp³-hybridized carbons (Fsp3) is 0.824. The van der Waals surface area contributed by atoms with Gasteiger partial charge >= 0.3 is 0 Å². The number of rotatable bonds is 7. The van der Waals surface area contributed by atoms with Gasteiger partial charge in [0.2, 0.25) is 11.8 Å². The SMILES string of the molecule is CCCc1noc(CN2CCCC(CNC(=O)C3CCCN3)C2)n1.Cl. The van der Waals surface area contributed by atoms with Crippen molar-refractivity contribution >= 4 is 18.3 Å². The molecule has 2 N–H and O–H groups in total. The van der Waals surface area contributed by atoms with Crippen LogP contribution in [0.15, 0.2) is 4.52 Å². The molecule has 1 aromatic heterocycles. The molecule has 2 unspecified atom stereocenters. The number of halogens is 1. The summed E-state index contributed by atoms with van der Waals surface area (Å²) in [7, 11) is 0. The molecule has 1 aromatic rings. The molecule has 25 heavy (non-hydrogen) atoms. The maximum absolute atomic E-state index is 12.1. The van der Waals surface area contributed by atoms with Gasteiger partial charge in [-0.3, -0.25) is 9.69 Å². The van der Waals surface area contributed by atoms with E-state index < -0.39 is 0 Å². The normalized spacial score (nSPS) is 24.0. The first-order chi connectivity index (χ1) is 11.7. The number of likely N-dealkylation sites (tertiary alicyclic amines) is 1. The number of piperidine rings is 1. The summed E-state index contributed by atoms with van der Waals surface area (Å²) in [6.07, 6.45) is 6.27. The van der Waals surface area contributed by atoms with Crippen LogP contribution in [0.1, 0.15) is 50.7 Å². The third-order valence-corrected chi connectivity index (χ3v) is 4.89. The Morgan fingerprint density at radius 2 is 2.28 bits per heavy atom. The lowest BCUT2D eigenvalue weighted by Crippen LogP contribution is -2.45. The largest absolute Gasteiger partial charge is 0.354 e. The van der Waals surface area contributed by atoms with Gasteiger partial charge in [-0.1, -0.05) is 12.1 Å². The molecule has 0 saturated carbocycles. The predicted molar refractivity (Wildman–Crippen MR) is 97.6 cm³/mol. The summed E-state index contributed by atoms with van der Waals surface area (Å²) in [6, 6.07) is 0.0140. The van der Waals surface area contributed by atoms with E-state index in [2.05, 4.69) is 32.6 Å². The highest BCUT2D eigenvalue weighted by molar-refractivity contribution is 5.85. The molecule has 3 heterocycles. The van der Waals surface area contributed by atoms with Crippen molar-refractivity contribution in [2.24, 2.45) is 5.92 Å². The molecule has 1 amide bonds. The number of hydrogen-bond acceptors (Lipinski definition) is 6. The van der Waals surface area contributed by atoms with Gasteiger partial charge < -0.3 is 15.2 Å². The van der Waals surface area contributed by atoms with E-state index >= 15 is 0 Å². The van der Waals surface area contributed by atoms with E-state index in [0.717, 1.165) is 64.1 Å². The van der Waals surface area contributed by atoms with Crippen LogP contribution < -0.4 is 10.6 Å². The van der Waals surface area contributed by atoms with Gasteiger partial charge in [-0.15, -0.1) is 12.4 Å². The molecule has 2 saturated heterocycles. The lowest BCUT2D eigenvalue weighted by atomic mass is 9.98. The van der Waals surface area contributed by atoms with Gasteiger partial charge in [0.1, 0.15) is 0 Å². The van der Waals surface area contributed by atoms with Crippen molar-refractivity contribution in [1.29, 1.82) is 0 Å². The first kappa shape index (κ1) is 20.1. The van der Waals surface area contributed by atoms with Crippen LogP contribution in [0.3, 0.4) is 0 Å². The van der Waals surface area contributed by atoms with E-state index in [1.807, 2.05) is 0 Å². The Kier molecular flexibility index (Phi) is 8.12. The molecule has 2 aliphatic rings. The summed E-state index contributed by atoms with van der Waals surface area (Å²) in [6.45, 7) is 6.58. The number of aromatic nitrogens is 2. The van der Waals surface area contributed by atoms with Gasteiger partial charge in [-0.05, 0) is 51.1 Å². The molecule has 0 aliphatic carbocycles. The molecule has 7 nitrogen and oxygen atoms in total. The Bertz CT molecular complexity index is 533. The second-order valence-corrected chi connectivity index (χ2v) is 6.99. The second kappa shape index (κ2) is 10.1. The van der Waals surface area contributed by atoms with E-state index in [1.165, 1.54) is 6.42 Å². The molecule has 0 aromatic carbocycles. The Labute approximate surface area is 155 Å². The van der Waals surface area contributed by atoms with E-state index in [0.29, 0.717) is 18.4 Å². The van der Waals surface area contributed by atoms with Crippen LogP contribution in [0, 0.1) is 5.92 Å². The minimum Gasteiger partial charge on any atom is -0.354 e. The predicted octanol–water partition coefficient (Wildman–Crippen LogP) is 1.52. The number of hydrogen-bond donors (Lipinski definition) is 2. The summed E-state index contributed by atoms with van der Waals surface area (Å²) in [5.74, 6) is 2.17. The maximum atomic E-state index is 12.1. The van der Waals surface area contributed by atoms with E-state index in [9.17, 15) is 4.79 Å². The van der Waals surface area contributed by atoms with Crippen LogP contribution in [0.5, 0.6) is 0 Å². The zero-order chi connectivity index (χ0) is 16.8. The molecule has 2 fully saturated rings. The molecule has 2 aliphatic heterocycles. The van der Waals surface area contributed by atoms with Crippen LogP contribution in [-0.4, -0.2) is 53.2 Å². The summed E-state index contributed by atoms with van der Waals surface area (Å²) >= 11 is 0. The molecule has 2 atom stereocenters. The summed E-state index contributed by atoms with van der Waals surface area (Å²) in [5.41, 5.74) is 0. The van der Waals surface area contributed by atoms with Gasteiger partial charge in [-0.25, -0.2) is 0 Å². The topological polar surface area (TPSA) is 83.3 Å². The Morgan fingerprint density at radius 1 is 1.40 bits per heavy atom. The molecule has 0 bridgehead atoms. The zero-order valence-electron chi connectivity index (χ0n) is 15.0. The fourth-order valence-electron chi connectivity index (χ4n) is 3.61. The van der Waals surface area contributed by atoms with Crippen molar-refractivity contribution in [1.82, 2.24) is 25.7 Å². The average molecular weight is 372 g/mol. The van der Waals surface area contributed by atoms with Gasteiger partial charge in [0.15, 0.2) is 5.82 Å². The van der Waals surface area contributed by atoms with Crippen molar-refractivity contribution in [2.45, 2.75) is 58.0 Å². The number of amides is 1. The summed E-state index contributed by atoms with van der Waals surface area (Å²) in [4.78, 5) is 18.9. The Morgan fingerprint density at radius 3 is 3.04 bits per heavy atom. The van der Waals surface area contributed by atoms with E-state index in [4.69, 9.17) is 4.52 Å². The first-order valence-electron chi connectivity index (χ1n) is 9.29. The lowest BCUT2D eigenvalue weighted by molar-refractivity contribution is -0.123. The smallest absolute Gasteiger partial charge is 0.240 e. The monoisotopic (exact) mass is 371 g/mol. The minimum absolute atomic E-state index is 0. The average Bonchev–Trinajstić information content (AvgIpc) is 3.26. The molecule has 8 heteroatoms. The van der Waals surface area contributed by atoms with Crippen LogP contribution >= 0.6 is 12.4 Å². The van der Waals surface area contributed by atoms with Crippen LogP contribution in [0.25, 0.3) is 0 Å². The molecule has 0 radical (unpaired) electrons. The molecular weight excluding hydrogens is 342 g/mol. The number of carbonyl (C=O) groups is 1. The quantitative estimate of drug-likeness (QED) is 0.756. The summed E-state index contributed by atoms with van der Waals surface area (Å²) < 4.78 is 5.34. The molecule has 142 valence electrons. The van der Waals surface area contributed by atoms with E-state index in [1.54, 1.807) is 0 Å². The highest BCUT2D eigenvalue weighted by atomic mass is 35.5. The molecular formula is C17H30ClN5O2. The Hall–Kier alpha value is -1.18. The molecule has 3 rings (SSSR count). The standard InChI is InChI=1S/C17H29N5O2.ClH/c1-2-5-15-20-16(24-21-15)12-22-9-4-6-13(11-22)10-19-17(23)14-7-3-8-18-14;/h13-14,18H,2-12H2,1H3,(H,19,23);1H. The van der Waals surface area contributed by atoms with Crippen molar-refractivity contribution in [2.75, 3.05) is 26.2 Å². The maximum Gasteiger partial charge on any atom is 0.240 e. The van der Waals surface area contributed by atoms with Gasteiger partial charge in [0.25, 0.3) is 0 Å². The van der Waals surface area contributed by atoms with Crippen LogP contribution in [-0.2, 0) is 17.8 Å². The van der Waals surface area contributed by atoms with Gasteiger partial charge in [0, 0.05) is 19.5 Å². The van der Waals surface area contributed by atoms with Crippen LogP contribution in [0.4, 0.5) is 0 Å². The summed E-state index contributed by atoms with van der Waals surface area (Å²) in [5, 5.41) is 10.4. The molecule has 0 spiro atoms. The number of carbonyl (C=O) groups excluding carboxylic acids is 1. The minimum atomic E-state index is 0. The van der Waals surface area contributed by atoms with Gasteiger partial charge in [0.05, 0.1) is 12.6 Å². The van der Waals surface area contributed by atoms with Crippen molar-refractivity contribution < 1.29 is 9.32 Å². The first-order valence-corrected chi connectivity index (χ1v) is 9.29.